The molecule has 5 heteroatoms. The molecule has 0 radical (unpaired) electrons. The van der Waals surface area contributed by atoms with Gasteiger partial charge < -0.3 is 9.47 Å². The van der Waals surface area contributed by atoms with E-state index in [0.29, 0.717) is 12.2 Å². The van der Waals surface area contributed by atoms with Crippen molar-refractivity contribution in [3.63, 3.8) is 0 Å². The lowest BCUT2D eigenvalue weighted by Gasteiger charge is -2.17. The summed E-state index contributed by atoms with van der Waals surface area (Å²) in [4.78, 5) is 20.5. The molecule has 21 heavy (non-hydrogen) atoms. The number of esters is 1. The van der Waals surface area contributed by atoms with Crippen LogP contribution >= 0.6 is 0 Å². The van der Waals surface area contributed by atoms with Gasteiger partial charge in [0.2, 0.25) is 6.10 Å². The average molecular weight is 286 g/mol. The number of rotatable bonds is 5. The van der Waals surface area contributed by atoms with Crippen molar-refractivity contribution in [2.75, 3.05) is 6.61 Å². The molecule has 0 aliphatic heterocycles. The summed E-state index contributed by atoms with van der Waals surface area (Å²) in [6.07, 6.45) is -0.868. The minimum absolute atomic E-state index is 0.175. The maximum absolute atomic E-state index is 12.1. The zero-order valence-electron chi connectivity index (χ0n) is 12.4. The van der Waals surface area contributed by atoms with Crippen LogP contribution in [-0.4, -0.2) is 22.5 Å². The van der Waals surface area contributed by atoms with E-state index in [1.165, 1.54) is 0 Å². The second-order valence-electron chi connectivity index (χ2n) is 4.59. The van der Waals surface area contributed by atoms with Gasteiger partial charge in [0, 0.05) is 17.0 Å². The molecule has 1 atom stereocenters. The van der Waals surface area contributed by atoms with E-state index in [1.54, 1.807) is 6.92 Å². The number of benzene rings is 1. The van der Waals surface area contributed by atoms with Gasteiger partial charge in [-0.3, -0.25) is 0 Å². The Morgan fingerprint density at radius 3 is 2.33 bits per heavy atom. The first-order valence-electron chi connectivity index (χ1n) is 6.80. The molecule has 1 aromatic heterocycles. The van der Waals surface area contributed by atoms with Gasteiger partial charge in [0.25, 0.3) is 0 Å². The van der Waals surface area contributed by atoms with Crippen LogP contribution in [-0.2, 0) is 9.53 Å². The van der Waals surface area contributed by atoms with E-state index in [0.717, 1.165) is 11.4 Å². The van der Waals surface area contributed by atoms with Crippen LogP contribution in [0.1, 0.15) is 30.0 Å². The molecule has 1 unspecified atom stereocenters. The van der Waals surface area contributed by atoms with Crippen molar-refractivity contribution >= 4 is 5.97 Å². The number of nitrogens with zero attached hydrogens (tertiary/aromatic N) is 2. The SMILES string of the molecule is CCOC(=O)C(Oc1nc(C)cc(C)n1)c1ccccc1. The monoisotopic (exact) mass is 286 g/mol. The van der Waals surface area contributed by atoms with Gasteiger partial charge in [-0.2, -0.15) is 0 Å². The Labute approximate surface area is 124 Å². The number of carbonyl (C=O) groups is 1. The zero-order valence-corrected chi connectivity index (χ0v) is 12.4. The first-order valence-corrected chi connectivity index (χ1v) is 6.80. The normalized spacial score (nSPS) is 11.8. The fourth-order valence-corrected chi connectivity index (χ4v) is 1.95. The van der Waals surface area contributed by atoms with Crippen LogP contribution in [0.3, 0.4) is 0 Å². The highest BCUT2D eigenvalue weighted by Gasteiger charge is 2.25. The Kier molecular flexibility index (Phi) is 4.87. The summed E-state index contributed by atoms with van der Waals surface area (Å²) in [5, 5.41) is 0. The highest BCUT2D eigenvalue weighted by molar-refractivity contribution is 5.76. The molecule has 2 rings (SSSR count). The van der Waals surface area contributed by atoms with E-state index in [-0.39, 0.29) is 6.01 Å². The molecule has 110 valence electrons. The quantitative estimate of drug-likeness (QED) is 0.791. The maximum Gasteiger partial charge on any atom is 0.352 e. The van der Waals surface area contributed by atoms with Gasteiger partial charge in [-0.25, -0.2) is 14.8 Å². The minimum Gasteiger partial charge on any atom is -0.463 e. The van der Waals surface area contributed by atoms with E-state index in [2.05, 4.69) is 9.97 Å². The summed E-state index contributed by atoms with van der Waals surface area (Å²) in [5.41, 5.74) is 2.28. The molecule has 0 spiro atoms. The molecule has 1 heterocycles. The Bertz CT molecular complexity index is 594. The van der Waals surface area contributed by atoms with E-state index in [9.17, 15) is 4.79 Å². The molecule has 0 saturated carbocycles. The molecule has 5 nitrogen and oxygen atoms in total. The third-order valence-corrected chi connectivity index (χ3v) is 2.79. The number of ether oxygens (including phenoxy) is 2. The maximum atomic E-state index is 12.1. The molecule has 0 N–H and O–H groups in total. The van der Waals surface area contributed by atoms with Crippen LogP contribution < -0.4 is 4.74 Å². The van der Waals surface area contributed by atoms with Crippen molar-refractivity contribution in [2.24, 2.45) is 0 Å². The lowest BCUT2D eigenvalue weighted by molar-refractivity contribution is -0.152. The van der Waals surface area contributed by atoms with Crippen LogP contribution in [0.15, 0.2) is 36.4 Å². The van der Waals surface area contributed by atoms with Gasteiger partial charge in [0.15, 0.2) is 0 Å². The predicted octanol–water partition coefficient (Wildman–Crippen LogP) is 2.78. The largest absolute Gasteiger partial charge is 0.463 e. The lowest BCUT2D eigenvalue weighted by Crippen LogP contribution is -2.22. The molecule has 2 aromatic rings. The molecule has 0 fully saturated rings. The zero-order chi connectivity index (χ0) is 15.2. The van der Waals surface area contributed by atoms with Crippen molar-refractivity contribution in [2.45, 2.75) is 26.9 Å². The van der Waals surface area contributed by atoms with Gasteiger partial charge in [-0.05, 0) is 26.8 Å². The number of carbonyl (C=O) groups excluding carboxylic acids is 1. The molecular formula is C16H18N2O3. The van der Waals surface area contributed by atoms with Gasteiger partial charge >= 0.3 is 12.0 Å². The molecule has 1 aromatic carbocycles. The summed E-state index contributed by atoms with van der Waals surface area (Å²) in [5.74, 6) is -0.452. The van der Waals surface area contributed by atoms with Crippen molar-refractivity contribution < 1.29 is 14.3 Å². The number of hydrogen-bond donors (Lipinski definition) is 0. The van der Waals surface area contributed by atoms with E-state index >= 15 is 0 Å². The minimum atomic E-state index is -0.868. The molecule has 0 aliphatic carbocycles. The van der Waals surface area contributed by atoms with Crippen molar-refractivity contribution in [3.8, 4) is 6.01 Å². The molecular weight excluding hydrogens is 268 g/mol. The summed E-state index contributed by atoms with van der Waals surface area (Å²) < 4.78 is 10.8. The Morgan fingerprint density at radius 2 is 1.76 bits per heavy atom. The van der Waals surface area contributed by atoms with E-state index in [4.69, 9.17) is 9.47 Å². The highest BCUT2D eigenvalue weighted by Crippen LogP contribution is 2.21. The molecule has 0 bridgehead atoms. The number of hydrogen-bond acceptors (Lipinski definition) is 5. The van der Waals surface area contributed by atoms with Gasteiger partial charge in [-0.1, -0.05) is 30.3 Å². The van der Waals surface area contributed by atoms with Crippen molar-refractivity contribution in [1.29, 1.82) is 0 Å². The Hall–Kier alpha value is -2.43. The summed E-state index contributed by atoms with van der Waals surface area (Å²) >= 11 is 0. The first kappa shape index (κ1) is 15.0. The Balaban J connectivity index is 2.29. The second-order valence-corrected chi connectivity index (χ2v) is 4.59. The molecule has 0 aliphatic rings. The van der Waals surface area contributed by atoms with Gasteiger partial charge in [-0.15, -0.1) is 0 Å². The van der Waals surface area contributed by atoms with Gasteiger partial charge in [0.1, 0.15) is 0 Å². The van der Waals surface area contributed by atoms with Gasteiger partial charge in [0.05, 0.1) is 6.61 Å². The van der Waals surface area contributed by atoms with Crippen LogP contribution in [0.4, 0.5) is 0 Å². The van der Waals surface area contributed by atoms with Crippen LogP contribution in [0, 0.1) is 13.8 Å². The topological polar surface area (TPSA) is 61.3 Å². The van der Waals surface area contributed by atoms with Crippen LogP contribution in [0.25, 0.3) is 0 Å². The van der Waals surface area contributed by atoms with Crippen molar-refractivity contribution in [3.05, 3.63) is 53.3 Å². The average Bonchev–Trinajstić information content (AvgIpc) is 2.45. The first-order chi connectivity index (χ1) is 10.1. The summed E-state index contributed by atoms with van der Waals surface area (Å²) in [6.45, 7) is 5.75. The standard InChI is InChI=1S/C16H18N2O3/c1-4-20-15(19)14(13-8-6-5-7-9-13)21-16-17-11(2)10-12(3)18-16/h5-10,14H,4H2,1-3H3. The number of aromatic nitrogens is 2. The van der Waals surface area contributed by atoms with Crippen LogP contribution in [0.5, 0.6) is 6.01 Å². The summed E-state index contributed by atoms with van der Waals surface area (Å²) in [7, 11) is 0. The van der Waals surface area contributed by atoms with Crippen molar-refractivity contribution in [1.82, 2.24) is 9.97 Å². The fourth-order valence-electron chi connectivity index (χ4n) is 1.95. The number of aryl methyl sites for hydroxylation is 2. The van der Waals surface area contributed by atoms with E-state index in [1.807, 2.05) is 50.2 Å². The third-order valence-electron chi connectivity index (χ3n) is 2.79. The predicted molar refractivity (Wildman–Crippen MR) is 78.0 cm³/mol. The highest BCUT2D eigenvalue weighted by atomic mass is 16.6. The Morgan fingerprint density at radius 1 is 1.14 bits per heavy atom. The molecule has 0 amide bonds. The third kappa shape index (κ3) is 4.02. The van der Waals surface area contributed by atoms with E-state index < -0.39 is 12.1 Å². The van der Waals surface area contributed by atoms with Crippen LogP contribution in [0.2, 0.25) is 0 Å². The lowest BCUT2D eigenvalue weighted by atomic mass is 10.1. The smallest absolute Gasteiger partial charge is 0.352 e. The summed E-state index contributed by atoms with van der Waals surface area (Å²) in [6, 6.07) is 11.2. The fraction of sp³-hybridized carbons (Fsp3) is 0.312. The second kappa shape index (κ2) is 6.83. The molecule has 0 saturated heterocycles.